The Kier molecular flexibility index (Phi) is 5.63. The van der Waals surface area contributed by atoms with Crippen molar-refractivity contribution in [3.8, 4) is 6.07 Å². The molecule has 1 atom stereocenters. The van der Waals surface area contributed by atoms with Crippen LogP contribution in [0.3, 0.4) is 0 Å². The maximum absolute atomic E-state index is 9.03. The Labute approximate surface area is 145 Å². The van der Waals surface area contributed by atoms with E-state index >= 15 is 0 Å². The van der Waals surface area contributed by atoms with Crippen LogP contribution in [0.5, 0.6) is 0 Å². The Morgan fingerprint density at radius 3 is 1.83 bits per heavy atom. The normalized spacial score (nSPS) is 22.0. The van der Waals surface area contributed by atoms with Gasteiger partial charge in [0.15, 0.2) is 0 Å². The molecule has 0 bridgehead atoms. The molecular formula is C21H27N3+2. The number of hydrogen-bond donors (Lipinski definition) is 2. The second-order valence-corrected chi connectivity index (χ2v) is 6.90. The summed E-state index contributed by atoms with van der Waals surface area (Å²) in [6, 6.07) is 24.5. The van der Waals surface area contributed by atoms with Gasteiger partial charge in [0, 0.05) is 11.1 Å². The van der Waals surface area contributed by atoms with Crippen molar-refractivity contribution >= 4 is 0 Å². The monoisotopic (exact) mass is 321 g/mol. The summed E-state index contributed by atoms with van der Waals surface area (Å²) in [5.74, 6) is 0.153. The van der Waals surface area contributed by atoms with Crippen molar-refractivity contribution in [2.75, 3.05) is 32.7 Å². The van der Waals surface area contributed by atoms with Crippen molar-refractivity contribution < 1.29 is 9.80 Å². The first kappa shape index (κ1) is 16.7. The van der Waals surface area contributed by atoms with Crippen LogP contribution in [0.1, 0.15) is 24.1 Å². The van der Waals surface area contributed by atoms with Crippen molar-refractivity contribution in [1.29, 1.82) is 5.26 Å². The van der Waals surface area contributed by atoms with Crippen molar-refractivity contribution in [2.24, 2.45) is 5.92 Å². The van der Waals surface area contributed by atoms with E-state index in [2.05, 4.69) is 66.7 Å². The van der Waals surface area contributed by atoms with Crippen LogP contribution in [-0.2, 0) is 0 Å². The van der Waals surface area contributed by atoms with Crippen LogP contribution >= 0.6 is 0 Å². The molecule has 2 N–H and O–H groups in total. The van der Waals surface area contributed by atoms with E-state index < -0.39 is 0 Å². The summed E-state index contributed by atoms with van der Waals surface area (Å²) in [7, 11) is 0. The summed E-state index contributed by atoms with van der Waals surface area (Å²) in [4.78, 5) is 3.22. The van der Waals surface area contributed by atoms with Gasteiger partial charge in [-0.15, -0.1) is 0 Å². The molecule has 0 amide bonds. The molecule has 24 heavy (non-hydrogen) atoms. The third-order valence-corrected chi connectivity index (χ3v) is 5.09. The predicted molar refractivity (Wildman–Crippen MR) is 95.8 cm³/mol. The topological polar surface area (TPSA) is 32.7 Å². The molecule has 0 aliphatic carbocycles. The van der Waals surface area contributed by atoms with E-state index in [0.717, 1.165) is 32.7 Å². The SMILES string of the molecule is C[C@H](C#N)C[NH+]1CC[NH+](C(c2ccccc2)c2ccccc2)CC1. The third kappa shape index (κ3) is 4.03. The molecule has 2 aromatic rings. The maximum Gasteiger partial charge on any atom is 0.139 e. The largest absolute Gasteiger partial charge is 0.325 e. The fraction of sp³-hybridized carbons (Fsp3) is 0.381. The molecule has 124 valence electrons. The van der Waals surface area contributed by atoms with Gasteiger partial charge >= 0.3 is 0 Å². The van der Waals surface area contributed by atoms with Crippen LogP contribution in [-0.4, -0.2) is 32.7 Å². The third-order valence-electron chi connectivity index (χ3n) is 5.09. The minimum absolute atomic E-state index is 0.153. The van der Waals surface area contributed by atoms with E-state index in [1.165, 1.54) is 11.1 Å². The first-order chi connectivity index (χ1) is 11.8. The summed E-state index contributed by atoms with van der Waals surface area (Å²) in [5.41, 5.74) is 2.79. The highest BCUT2D eigenvalue weighted by Gasteiger charge is 2.32. The van der Waals surface area contributed by atoms with Gasteiger partial charge in [0.2, 0.25) is 0 Å². The van der Waals surface area contributed by atoms with Crippen molar-refractivity contribution in [1.82, 2.24) is 0 Å². The molecule has 3 heteroatoms. The molecule has 1 aliphatic rings. The van der Waals surface area contributed by atoms with Gasteiger partial charge in [-0.3, -0.25) is 0 Å². The van der Waals surface area contributed by atoms with E-state index in [1.807, 2.05) is 6.92 Å². The molecule has 3 rings (SSSR count). The summed E-state index contributed by atoms with van der Waals surface area (Å²) in [5, 5.41) is 9.03. The van der Waals surface area contributed by atoms with Gasteiger partial charge in [0.25, 0.3) is 0 Å². The van der Waals surface area contributed by atoms with Crippen LogP contribution in [0.25, 0.3) is 0 Å². The Morgan fingerprint density at radius 2 is 1.38 bits per heavy atom. The molecular weight excluding hydrogens is 294 g/mol. The first-order valence-corrected chi connectivity index (χ1v) is 8.95. The quantitative estimate of drug-likeness (QED) is 0.836. The molecule has 0 saturated carbocycles. The lowest BCUT2D eigenvalue weighted by Crippen LogP contribution is -3.28. The Balaban J connectivity index is 1.75. The van der Waals surface area contributed by atoms with E-state index in [-0.39, 0.29) is 5.92 Å². The lowest BCUT2D eigenvalue weighted by Gasteiger charge is -2.35. The fourth-order valence-corrected chi connectivity index (χ4v) is 3.85. The van der Waals surface area contributed by atoms with Gasteiger partial charge in [-0.1, -0.05) is 60.7 Å². The van der Waals surface area contributed by atoms with Crippen LogP contribution in [0.4, 0.5) is 0 Å². The van der Waals surface area contributed by atoms with Gasteiger partial charge in [-0.25, -0.2) is 0 Å². The number of rotatable bonds is 5. The minimum Gasteiger partial charge on any atom is -0.325 e. The molecule has 1 heterocycles. The smallest absolute Gasteiger partial charge is 0.139 e. The summed E-state index contributed by atoms with van der Waals surface area (Å²) < 4.78 is 0. The molecule has 0 aromatic heterocycles. The number of quaternary nitrogens is 2. The van der Waals surface area contributed by atoms with Gasteiger partial charge < -0.3 is 9.80 Å². The van der Waals surface area contributed by atoms with Crippen LogP contribution in [0.2, 0.25) is 0 Å². The fourth-order valence-electron chi connectivity index (χ4n) is 3.85. The van der Waals surface area contributed by atoms with Gasteiger partial charge in [0.1, 0.15) is 32.2 Å². The molecule has 0 radical (unpaired) electrons. The summed E-state index contributed by atoms with van der Waals surface area (Å²) >= 11 is 0. The van der Waals surface area contributed by atoms with Gasteiger partial charge in [0.05, 0.1) is 18.5 Å². The molecule has 1 aliphatic heterocycles. The summed E-state index contributed by atoms with van der Waals surface area (Å²) in [6.07, 6.45) is 0. The number of nitrogens with one attached hydrogen (secondary N) is 2. The van der Waals surface area contributed by atoms with Gasteiger partial charge in [-0.05, 0) is 6.92 Å². The standard InChI is InChI=1S/C21H25N3/c1-18(16-22)17-23-12-14-24(15-13-23)21(19-8-4-2-5-9-19)20-10-6-3-7-11-20/h2-11,18,21H,12-15,17H2,1H3/p+2/t18-/m1/s1. The van der Waals surface area contributed by atoms with Crippen molar-refractivity contribution in [3.05, 3.63) is 71.8 Å². The Morgan fingerprint density at radius 1 is 0.875 bits per heavy atom. The number of benzene rings is 2. The highest BCUT2D eigenvalue weighted by molar-refractivity contribution is 5.29. The zero-order chi connectivity index (χ0) is 16.8. The summed E-state index contributed by atoms with van der Waals surface area (Å²) in [6.45, 7) is 7.62. The van der Waals surface area contributed by atoms with Crippen LogP contribution in [0, 0.1) is 17.2 Å². The highest BCUT2D eigenvalue weighted by atomic mass is 15.3. The predicted octanol–water partition coefficient (Wildman–Crippen LogP) is 0.719. The van der Waals surface area contributed by atoms with Crippen molar-refractivity contribution in [2.45, 2.75) is 13.0 Å². The zero-order valence-electron chi connectivity index (χ0n) is 14.4. The number of hydrogen-bond acceptors (Lipinski definition) is 1. The van der Waals surface area contributed by atoms with Gasteiger partial charge in [-0.2, -0.15) is 5.26 Å². The number of nitrogens with zero attached hydrogens (tertiary/aromatic N) is 1. The molecule has 3 nitrogen and oxygen atoms in total. The average Bonchev–Trinajstić information content (AvgIpc) is 2.65. The lowest BCUT2D eigenvalue weighted by atomic mass is 9.96. The molecule has 2 aromatic carbocycles. The molecule has 0 unspecified atom stereocenters. The Bertz CT molecular complexity index is 615. The second kappa shape index (κ2) is 8.10. The second-order valence-electron chi connectivity index (χ2n) is 6.90. The number of nitriles is 1. The van der Waals surface area contributed by atoms with E-state index in [0.29, 0.717) is 6.04 Å². The maximum atomic E-state index is 9.03. The van der Waals surface area contributed by atoms with E-state index in [1.54, 1.807) is 9.80 Å². The lowest BCUT2D eigenvalue weighted by molar-refractivity contribution is -1.02. The number of piperazine rings is 1. The molecule has 1 saturated heterocycles. The van der Waals surface area contributed by atoms with Crippen molar-refractivity contribution in [3.63, 3.8) is 0 Å². The molecule has 0 spiro atoms. The minimum atomic E-state index is 0.153. The highest BCUT2D eigenvalue weighted by Crippen LogP contribution is 2.18. The van der Waals surface area contributed by atoms with E-state index in [4.69, 9.17) is 5.26 Å². The first-order valence-electron chi connectivity index (χ1n) is 8.95. The van der Waals surface area contributed by atoms with Crippen LogP contribution in [0.15, 0.2) is 60.7 Å². The van der Waals surface area contributed by atoms with Crippen LogP contribution < -0.4 is 9.80 Å². The Hall–Kier alpha value is -2.15. The molecule has 1 fully saturated rings. The van der Waals surface area contributed by atoms with E-state index in [9.17, 15) is 0 Å². The average molecular weight is 321 g/mol. The zero-order valence-corrected chi connectivity index (χ0v) is 14.4.